The summed E-state index contributed by atoms with van der Waals surface area (Å²) in [5.74, 6) is 0.849. The molecular formula is C24H22N4OS. The lowest BCUT2D eigenvalue weighted by Crippen LogP contribution is -2.13. The molecule has 5 nitrogen and oxygen atoms in total. The van der Waals surface area contributed by atoms with Crippen molar-refractivity contribution in [2.24, 2.45) is 10.1 Å². The molecule has 150 valence electrons. The van der Waals surface area contributed by atoms with Gasteiger partial charge in [-0.1, -0.05) is 36.4 Å². The van der Waals surface area contributed by atoms with Gasteiger partial charge in [-0.25, -0.2) is 4.68 Å². The molecule has 0 radical (unpaired) electrons. The van der Waals surface area contributed by atoms with Crippen molar-refractivity contribution >= 4 is 28.3 Å². The van der Waals surface area contributed by atoms with Crippen molar-refractivity contribution in [3.63, 3.8) is 0 Å². The Morgan fingerprint density at radius 2 is 2.00 bits per heavy atom. The van der Waals surface area contributed by atoms with E-state index < -0.39 is 0 Å². The van der Waals surface area contributed by atoms with E-state index in [0.717, 1.165) is 43.8 Å². The number of thiazole rings is 1. The monoisotopic (exact) mass is 414 g/mol. The standard InChI is InChI=1S/C24H22N4OS/c1-17(2)14-26-24-28(27-15-21-6-4-5-11-25-21)23(16-30-24)20-8-7-19-13-22(29-3)10-9-18(19)12-20/h4-13,15-16H,1,14H2,2-3H3. The van der Waals surface area contributed by atoms with E-state index in [1.165, 1.54) is 0 Å². The molecule has 2 heterocycles. The molecule has 0 bridgehead atoms. The smallest absolute Gasteiger partial charge is 0.206 e. The molecule has 2 aromatic heterocycles. The van der Waals surface area contributed by atoms with Crippen LogP contribution in [0.2, 0.25) is 0 Å². The van der Waals surface area contributed by atoms with Crippen molar-refractivity contribution in [1.29, 1.82) is 0 Å². The molecule has 0 unspecified atom stereocenters. The van der Waals surface area contributed by atoms with Gasteiger partial charge in [0.15, 0.2) is 0 Å². The van der Waals surface area contributed by atoms with Gasteiger partial charge in [0.1, 0.15) is 5.75 Å². The van der Waals surface area contributed by atoms with Gasteiger partial charge in [-0.05, 0) is 48.0 Å². The van der Waals surface area contributed by atoms with Crippen LogP contribution in [0, 0.1) is 0 Å². The Hall–Kier alpha value is -3.51. The summed E-state index contributed by atoms with van der Waals surface area (Å²) in [6.45, 7) is 6.49. The molecule has 0 spiro atoms. The maximum absolute atomic E-state index is 5.33. The van der Waals surface area contributed by atoms with E-state index in [2.05, 4.69) is 46.2 Å². The number of methoxy groups -OCH3 is 1. The number of rotatable bonds is 6. The molecule has 0 saturated carbocycles. The Morgan fingerprint density at radius 3 is 2.77 bits per heavy atom. The van der Waals surface area contributed by atoms with Gasteiger partial charge in [0.05, 0.1) is 31.3 Å². The van der Waals surface area contributed by atoms with Crippen LogP contribution in [0.1, 0.15) is 12.6 Å². The maximum atomic E-state index is 5.33. The summed E-state index contributed by atoms with van der Waals surface area (Å²) in [5, 5.41) is 9.04. The fraction of sp³-hybridized carbons (Fsp3) is 0.125. The lowest BCUT2D eigenvalue weighted by atomic mass is 10.1. The minimum atomic E-state index is 0.566. The Balaban J connectivity index is 1.81. The fourth-order valence-corrected chi connectivity index (χ4v) is 3.84. The third-order valence-electron chi connectivity index (χ3n) is 4.51. The molecule has 4 aromatic rings. The summed E-state index contributed by atoms with van der Waals surface area (Å²) in [7, 11) is 1.68. The van der Waals surface area contributed by atoms with Gasteiger partial charge in [-0.15, -0.1) is 11.3 Å². The zero-order valence-electron chi connectivity index (χ0n) is 16.9. The zero-order valence-corrected chi connectivity index (χ0v) is 17.8. The molecule has 0 N–H and O–H groups in total. The highest BCUT2D eigenvalue weighted by atomic mass is 32.1. The molecular weight excluding hydrogens is 392 g/mol. The van der Waals surface area contributed by atoms with Crippen LogP contribution in [0.25, 0.3) is 22.0 Å². The molecule has 2 aromatic carbocycles. The van der Waals surface area contributed by atoms with E-state index >= 15 is 0 Å². The molecule has 0 amide bonds. The van der Waals surface area contributed by atoms with Crippen LogP contribution < -0.4 is 9.54 Å². The first-order valence-electron chi connectivity index (χ1n) is 9.53. The number of hydrogen-bond donors (Lipinski definition) is 0. The van der Waals surface area contributed by atoms with Gasteiger partial charge in [0, 0.05) is 17.1 Å². The first-order chi connectivity index (χ1) is 14.6. The Kier molecular flexibility index (Phi) is 5.86. The van der Waals surface area contributed by atoms with Crippen LogP contribution >= 0.6 is 11.3 Å². The molecule has 4 rings (SSSR count). The third kappa shape index (κ3) is 4.39. The summed E-state index contributed by atoms with van der Waals surface area (Å²) in [4.78, 5) is 9.82. The van der Waals surface area contributed by atoms with Crippen molar-refractivity contribution in [3.05, 3.63) is 88.8 Å². The molecule has 30 heavy (non-hydrogen) atoms. The minimum absolute atomic E-state index is 0.566. The second kappa shape index (κ2) is 8.88. The second-order valence-electron chi connectivity index (χ2n) is 6.92. The van der Waals surface area contributed by atoms with Crippen molar-refractivity contribution in [1.82, 2.24) is 9.66 Å². The van der Waals surface area contributed by atoms with Crippen LogP contribution in [0.15, 0.2) is 88.4 Å². The van der Waals surface area contributed by atoms with E-state index in [4.69, 9.17) is 9.84 Å². The van der Waals surface area contributed by atoms with E-state index in [9.17, 15) is 0 Å². The highest BCUT2D eigenvalue weighted by Gasteiger charge is 2.09. The highest BCUT2D eigenvalue weighted by molar-refractivity contribution is 7.07. The number of hydrogen-bond acceptors (Lipinski definition) is 5. The highest BCUT2D eigenvalue weighted by Crippen LogP contribution is 2.27. The first-order valence-corrected chi connectivity index (χ1v) is 10.4. The van der Waals surface area contributed by atoms with Gasteiger partial charge >= 0.3 is 0 Å². The average Bonchev–Trinajstić information content (AvgIpc) is 3.19. The van der Waals surface area contributed by atoms with E-state index in [0.29, 0.717) is 6.54 Å². The Labute approximate surface area is 179 Å². The van der Waals surface area contributed by atoms with E-state index in [-0.39, 0.29) is 0 Å². The summed E-state index contributed by atoms with van der Waals surface area (Å²) in [6.07, 6.45) is 3.51. The van der Waals surface area contributed by atoms with Crippen LogP contribution in [0.4, 0.5) is 0 Å². The van der Waals surface area contributed by atoms with E-state index in [1.807, 2.05) is 41.9 Å². The van der Waals surface area contributed by atoms with Gasteiger partial charge in [0.25, 0.3) is 0 Å². The molecule has 0 aliphatic heterocycles. The topological polar surface area (TPSA) is 51.8 Å². The van der Waals surface area contributed by atoms with Crippen molar-refractivity contribution in [2.45, 2.75) is 6.92 Å². The van der Waals surface area contributed by atoms with Crippen LogP contribution in [0.5, 0.6) is 5.75 Å². The number of nitrogens with zero attached hydrogens (tertiary/aromatic N) is 4. The summed E-state index contributed by atoms with van der Waals surface area (Å²) in [5.41, 5.74) is 3.84. The van der Waals surface area contributed by atoms with Gasteiger partial charge in [-0.2, -0.15) is 5.10 Å². The predicted octanol–water partition coefficient (Wildman–Crippen LogP) is 5.13. The number of aromatic nitrogens is 2. The Morgan fingerprint density at radius 1 is 1.17 bits per heavy atom. The quantitative estimate of drug-likeness (QED) is 0.324. The minimum Gasteiger partial charge on any atom is -0.497 e. The first kappa shape index (κ1) is 19.8. The normalized spacial score (nSPS) is 12.0. The average molecular weight is 415 g/mol. The molecule has 0 saturated heterocycles. The van der Waals surface area contributed by atoms with E-state index in [1.54, 1.807) is 30.9 Å². The second-order valence-corrected chi connectivity index (χ2v) is 7.75. The number of benzene rings is 2. The lowest BCUT2D eigenvalue weighted by molar-refractivity contribution is 0.415. The molecule has 0 atom stereocenters. The van der Waals surface area contributed by atoms with Gasteiger partial charge in [-0.3, -0.25) is 9.98 Å². The fourth-order valence-electron chi connectivity index (χ4n) is 3.00. The SMILES string of the molecule is C=C(C)CN=c1scc(-c2ccc3cc(OC)ccc3c2)n1N=Cc1ccccn1. The van der Waals surface area contributed by atoms with Crippen LogP contribution in [-0.2, 0) is 0 Å². The molecule has 0 aliphatic carbocycles. The Bertz CT molecular complexity index is 1290. The van der Waals surface area contributed by atoms with Crippen molar-refractivity contribution in [3.8, 4) is 17.0 Å². The summed E-state index contributed by atoms with van der Waals surface area (Å²) >= 11 is 1.56. The van der Waals surface area contributed by atoms with Gasteiger partial charge < -0.3 is 4.74 Å². The molecule has 0 fully saturated rings. The summed E-state index contributed by atoms with van der Waals surface area (Å²) < 4.78 is 7.20. The number of ether oxygens (including phenoxy) is 1. The third-order valence-corrected chi connectivity index (χ3v) is 5.36. The van der Waals surface area contributed by atoms with Gasteiger partial charge in [0.2, 0.25) is 4.80 Å². The maximum Gasteiger partial charge on any atom is 0.206 e. The zero-order chi connectivity index (χ0) is 20.9. The van der Waals surface area contributed by atoms with Crippen molar-refractivity contribution < 1.29 is 4.74 Å². The lowest BCUT2D eigenvalue weighted by Gasteiger charge is -2.07. The number of pyridine rings is 1. The number of fused-ring (bicyclic) bond motifs is 1. The molecule has 6 heteroatoms. The van der Waals surface area contributed by atoms with Crippen molar-refractivity contribution in [2.75, 3.05) is 13.7 Å². The largest absolute Gasteiger partial charge is 0.497 e. The predicted molar refractivity (Wildman–Crippen MR) is 124 cm³/mol. The summed E-state index contributed by atoms with van der Waals surface area (Å²) in [6, 6.07) is 18.2. The molecule has 0 aliphatic rings. The van der Waals surface area contributed by atoms with Crippen LogP contribution in [-0.4, -0.2) is 29.5 Å². The van der Waals surface area contributed by atoms with Crippen LogP contribution in [0.3, 0.4) is 0 Å².